The number of rotatable bonds is 6. The summed E-state index contributed by atoms with van der Waals surface area (Å²) in [5.74, 6) is 0.993. The van der Waals surface area contributed by atoms with Gasteiger partial charge in [0.1, 0.15) is 0 Å². The van der Waals surface area contributed by atoms with Crippen molar-refractivity contribution in [2.45, 2.75) is 76.8 Å². The molecule has 0 heterocycles. The van der Waals surface area contributed by atoms with Crippen LogP contribution < -0.4 is 0 Å². The Balaban J connectivity index is 1.82. The molecule has 0 saturated heterocycles. The van der Waals surface area contributed by atoms with Gasteiger partial charge in [0, 0.05) is 25.2 Å². The number of aliphatic hydroxyl groups is 1. The van der Waals surface area contributed by atoms with Crippen LogP contribution in [0.15, 0.2) is 0 Å². The molecular weight excluding hydrogens is 210 g/mol. The smallest absolute Gasteiger partial charge is 0.0443 e. The highest BCUT2D eigenvalue weighted by Crippen LogP contribution is 2.34. The van der Waals surface area contributed by atoms with E-state index in [1.807, 2.05) is 0 Å². The van der Waals surface area contributed by atoms with Crippen LogP contribution in [0.4, 0.5) is 0 Å². The van der Waals surface area contributed by atoms with E-state index in [2.05, 4.69) is 11.8 Å². The maximum Gasteiger partial charge on any atom is 0.0443 e. The lowest BCUT2D eigenvalue weighted by Crippen LogP contribution is -2.48. The van der Waals surface area contributed by atoms with Gasteiger partial charge in [-0.2, -0.15) is 0 Å². The summed E-state index contributed by atoms with van der Waals surface area (Å²) in [6, 6.07) is 1.68. The maximum absolute atomic E-state index is 9.04. The molecule has 2 rings (SSSR count). The van der Waals surface area contributed by atoms with E-state index in [0.717, 1.165) is 31.0 Å². The van der Waals surface area contributed by atoms with Crippen LogP contribution in [0.25, 0.3) is 0 Å². The fourth-order valence-corrected chi connectivity index (χ4v) is 3.52. The fourth-order valence-electron chi connectivity index (χ4n) is 3.52. The first-order valence-electron chi connectivity index (χ1n) is 7.71. The zero-order chi connectivity index (χ0) is 12.1. The van der Waals surface area contributed by atoms with Gasteiger partial charge in [-0.15, -0.1) is 0 Å². The first-order valence-corrected chi connectivity index (χ1v) is 7.71. The van der Waals surface area contributed by atoms with Crippen molar-refractivity contribution < 1.29 is 5.11 Å². The van der Waals surface area contributed by atoms with Crippen LogP contribution >= 0.6 is 0 Å². The molecule has 17 heavy (non-hydrogen) atoms. The summed E-state index contributed by atoms with van der Waals surface area (Å²) >= 11 is 0. The van der Waals surface area contributed by atoms with Crippen molar-refractivity contribution >= 4 is 0 Å². The lowest BCUT2D eigenvalue weighted by molar-refractivity contribution is 0.0454. The third-order valence-electron chi connectivity index (χ3n) is 4.98. The van der Waals surface area contributed by atoms with E-state index < -0.39 is 0 Å². The zero-order valence-corrected chi connectivity index (χ0v) is 11.4. The third-order valence-corrected chi connectivity index (χ3v) is 4.98. The molecule has 100 valence electrons. The molecule has 1 N–H and O–H groups in total. The van der Waals surface area contributed by atoms with Crippen molar-refractivity contribution in [2.24, 2.45) is 5.92 Å². The Kier molecular flexibility index (Phi) is 5.30. The Morgan fingerprint density at radius 1 is 1.00 bits per heavy atom. The highest BCUT2D eigenvalue weighted by molar-refractivity contribution is 4.87. The molecule has 2 saturated carbocycles. The van der Waals surface area contributed by atoms with Gasteiger partial charge in [-0.3, -0.25) is 4.90 Å². The molecule has 0 amide bonds. The molecule has 2 aliphatic carbocycles. The minimum atomic E-state index is 0.355. The molecule has 0 aliphatic heterocycles. The molecule has 0 aromatic rings. The Morgan fingerprint density at radius 2 is 1.65 bits per heavy atom. The van der Waals surface area contributed by atoms with Gasteiger partial charge in [-0.05, 0) is 50.9 Å². The zero-order valence-electron chi connectivity index (χ0n) is 11.4. The van der Waals surface area contributed by atoms with Gasteiger partial charge >= 0.3 is 0 Å². The SMILES string of the molecule is CCC1CCC(N(CCCO)C2CCC2)CC1. The normalized spacial score (nSPS) is 30.5. The van der Waals surface area contributed by atoms with E-state index in [0.29, 0.717) is 6.61 Å². The van der Waals surface area contributed by atoms with Crippen LogP contribution in [0.3, 0.4) is 0 Å². The molecule has 0 atom stereocenters. The standard InChI is InChI=1S/C15H29NO/c1-2-13-7-9-15(10-8-13)16(11-4-12-17)14-5-3-6-14/h13-15,17H,2-12H2,1H3. The highest BCUT2D eigenvalue weighted by atomic mass is 16.3. The molecule has 2 aliphatic rings. The fraction of sp³-hybridized carbons (Fsp3) is 1.00. The molecule has 0 bridgehead atoms. The van der Waals surface area contributed by atoms with Crippen LogP contribution in [0.1, 0.15) is 64.7 Å². The van der Waals surface area contributed by atoms with Crippen molar-refractivity contribution in [2.75, 3.05) is 13.2 Å². The van der Waals surface area contributed by atoms with E-state index in [-0.39, 0.29) is 0 Å². The van der Waals surface area contributed by atoms with Gasteiger partial charge in [-0.25, -0.2) is 0 Å². The molecule has 2 nitrogen and oxygen atoms in total. The summed E-state index contributed by atoms with van der Waals surface area (Å²) in [7, 11) is 0. The molecule has 2 fully saturated rings. The number of hydrogen-bond acceptors (Lipinski definition) is 2. The van der Waals surface area contributed by atoms with Crippen molar-refractivity contribution in [3.8, 4) is 0 Å². The minimum Gasteiger partial charge on any atom is -0.396 e. The Labute approximate surface area is 106 Å². The van der Waals surface area contributed by atoms with Gasteiger partial charge in [0.05, 0.1) is 0 Å². The predicted molar refractivity (Wildman–Crippen MR) is 72.1 cm³/mol. The van der Waals surface area contributed by atoms with E-state index in [1.54, 1.807) is 0 Å². The average molecular weight is 239 g/mol. The second-order valence-corrected chi connectivity index (χ2v) is 5.98. The molecule has 0 aromatic heterocycles. The van der Waals surface area contributed by atoms with Crippen molar-refractivity contribution in [1.29, 1.82) is 0 Å². The molecule has 0 aromatic carbocycles. The minimum absolute atomic E-state index is 0.355. The summed E-state index contributed by atoms with van der Waals surface area (Å²) in [6.07, 6.45) is 12.2. The van der Waals surface area contributed by atoms with Crippen molar-refractivity contribution in [3.63, 3.8) is 0 Å². The van der Waals surface area contributed by atoms with E-state index in [1.165, 1.54) is 51.4 Å². The van der Waals surface area contributed by atoms with Gasteiger partial charge in [-0.1, -0.05) is 19.8 Å². The number of hydrogen-bond donors (Lipinski definition) is 1. The average Bonchev–Trinajstić information content (AvgIpc) is 2.32. The summed E-state index contributed by atoms with van der Waals surface area (Å²) in [5.41, 5.74) is 0. The molecular formula is C15H29NO. The van der Waals surface area contributed by atoms with Crippen LogP contribution in [-0.2, 0) is 0 Å². The van der Waals surface area contributed by atoms with Crippen LogP contribution in [0, 0.1) is 5.92 Å². The van der Waals surface area contributed by atoms with Crippen LogP contribution in [-0.4, -0.2) is 35.2 Å². The van der Waals surface area contributed by atoms with Crippen LogP contribution in [0.5, 0.6) is 0 Å². The lowest BCUT2D eigenvalue weighted by atomic mass is 9.81. The van der Waals surface area contributed by atoms with Gasteiger partial charge in [0.25, 0.3) is 0 Å². The Bertz CT molecular complexity index is 207. The second-order valence-electron chi connectivity index (χ2n) is 5.98. The maximum atomic E-state index is 9.04. The predicted octanol–water partition coefficient (Wildman–Crippen LogP) is 3.19. The molecule has 2 heteroatoms. The van der Waals surface area contributed by atoms with Gasteiger partial charge in [0.2, 0.25) is 0 Å². The van der Waals surface area contributed by atoms with Crippen molar-refractivity contribution in [1.82, 2.24) is 4.90 Å². The largest absolute Gasteiger partial charge is 0.396 e. The first kappa shape index (κ1) is 13.4. The monoisotopic (exact) mass is 239 g/mol. The summed E-state index contributed by atoms with van der Waals surface area (Å²) in [5, 5.41) is 9.04. The van der Waals surface area contributed by atoms with E-state index >= 15 is 0 Å². The Morgan fingerprint density at radius 3 is 2.12 bits per heavy atom. The highest BCUT2D eigenvalue weighted by Gasteiger charge is 2.32. The second kappa shape index (κ2) is 6.75. The number of nitrogens with zero attached hydrogens (tertiary/aromatic N) is 1. The van der Waals surface area contributed by atoms with Gasteiger partial charge in [0.15, 0.2) is 0 Å². The quantitative estimate of drug-likeness (QED) is 0.769. The topological polar surface area (TPSA) is 23.5 Å². The first-order chi connectivity index (χ1) is 8.35. The third kappa shape index (κ3) is 3.45. The van der Waals surface area contributed by atoms with E-state index in [4.69, 9.17) is 5.11 Å². The van der Waals surface area contributed by atoms with Crippen LogP contribution in [0.2, 0.25) is 0 Å². The molecule has 0 unspecified atom stereocenters. The lowest BCUT2D eigenvalue weighted by Gasteiger charge is -2.45. The number of aliphatic hydroxyl groups excluding tert-OH is 1. The summed E-state index contributed by atoms with van der Waals surface area (Å²) in [4.78, 5) is 2.74. The molecule has 0 radical (unpaired) electrons. The van der Waals surface area contributed by atoms with Crippen molar-refractivity contribution in [3.05, 3.63) is 0 Å². The Hall–Kier alpha value is -0.0800. The molecule has 0 spiro atoms. The summed E-state index contributed by atoms with van der Waals surface area (Å²) < 4.78 is 0. The summed E-state index contributed by atoms with van der Waals surface area (Å²) in [6.45, 7) is 3.82. The van der Waals surface area contributed by atoms with Gasteiger partial charge < -0.3 is 5.11 Å². The van der Waals surface area contributed by atoms with E-state index in [9.17, 15) is 0 Å².